The highest BCUT2D eigenvalue weighted by molar-refractivity contribution is 7.90. The zero-order valence-corrected chi connectivity index (χ0v) is 18.8. The summed E-state index contributed by atoms with van der Waals surface area (Å²) in [6.45, 7) is 3.63. The Morgan fingerprint density at radius 3 is 2.77 bits per heavy atom. The average molecular weight is 463 g/mol. The summed E-state index contributed by atoms with van der Waals surface area (Å²) in [7, 11) is -3.33. The van der Waals surface area contributed by atoms with Gasteiger partial charge in [-0.25, -0.2) is 8.42 Å². The Morgan fingerprint density at radius 1 is 1.19 bits per heavy atom. The smallest absolute Gasteiger partial charge is 0.252 e. The summed E-state index contributed by atoms with van der Waals surface area (Å²) in [5, 5.41) is 0. The van der Waals surface area contributed by atoms with Crippen LogP contribution in [-0.2, 0) is 32.3 Å². The van der Waals surface area contributed by atoms with Crippen molar-refractivity contribution in [3.8, 4) is 11.5 Å². The number of benzene rings is 2. The molecule has 0 aliphatic carbocycles. The van der Waals surface area contributed by atoms with Gasteiger partial charge in [-0.3, -0.25) is 4.79 Å². The molecule has 0 fully saturated rings. The molecule has 1 aromatic heterocycles. The van der Waals surface area contributed by atoms with Crippen molar-refractivity contribution in [2.45, 2.75) is 24.8 Å². The second-order valence-electron chi connectivity index (χ2n) is 7.00. The maximum absolute atomic E-state index is 12.7. The van der Waals surface area contributed by atoms with Crippen LogP contribution in [0, 0.1) is 0 Å². The van der Waals surface area contributed by atoms with Crippen LogP contribution in [0.4, 0.5) is 0 Å². The third-order valence-corrected chi connectivity index (χ3v) is 6.91. The Bertz CT molecular complexity index is 1310. The first-order valence-corrected chi connectivity index (χ1v) is 12.4. The summed E-state index contributed by atoms with van der Waals surface area (Å²) in [4.78, 5) is 17.8. The molecule has 0 N–H and O–H groups in total. The van der Waals surface area contributed by atoms with Crippen LogP contribution in [0.1, 0.15) is 12.5 Å². The summed E-state index contributed by atoms with van der Waals surface area (Å²) in [6.07, 6.45) is 1.29. The van der Waals surface area contributed by atoms with Crippen LogP contribution in [0.5, 0.6) is 11.5 Å². The summed E-state index contributed by atoms with van der Waals surface area (Å²) in [6, 6.07) is 10.3. The number of amides is 1. The van der Waals surface area contributed by atoms with Crippen LogP contribution in [0.15, 0.2) is 46.3 Å². The molecule has 1 aliphatic heterocycles. The lowest BCUT2D eigenvalue weighted by Crippen LogP contribution is -2.20. The molecule has 0 unspecified atom stereocenters. The fourth-order valence-electron chi connectivity index (χ4n) is 3.26. The van der Waals surface area contributed by atoms with Crippen LogP contribution >= 0.6 is 11.3 Å². The first-order chi connectivity index (χ1) is 14.8. The molecule has 0 radical (unpaired) electrons. The summed E-state index contributed by atoms with van der Waals surface area (Å²) >= 11 is 1.28. The molecule has 164 valence electrons. The van der Waals surface area contributed by atoms with E-state index in [4.69, 9.17) is 14.2 Å². The van der Waals surface area contributed by atoms with E-state index < -0.39 is 9.84 Å². The van der Waals surface area contributed by atoms with Crippen LogP contribution in [0.25, 0.3) is 10.2 Å². The number of aromatic nitrogens is 1. The molecule has 2 heterocycles. The zero-order valence-electron chi connectivity index (χ0n) is 17.2. The molecule has 0 bridgehead atoms. The third-order valence-electron chi connectivity index (χ3n) is 4.76. The molecule has 0 atom stereocenters. The van der Waals surface area contributed by atoms with Crippen molar-refractivity contribution in [1.82, 2.24) is 4.57 Å². The molecule has 8 nitrogen and oxygen atoms in total. The number of sulfone groups is 1. The van der Waals surface area contributed by atoms with E-state index in [9.17, 15) is 13.2 Å². The monoisotopic (exact) mass is 462 g/mol. The minimum Gasteiger partial charge on any atom is -0.454 e. The fraction of sp³-hybridized carbons (Fsp3) is 0.333. The van der Waals surface area contributed by atoms with Gasteiger partial charge in [-0.2, -0.15) is 4.99 Å². The number of rotatable bonds is 7. The third kappa shape index (κ3) is 4.81. The molecule has 0 spiro atoms. The van der Waals surface area contributed by atoms with Crippen molar-refractivity contribution >= 4 is 37.3 Å². The van der Waals surface area contributed by atoms with E-state index in [1.54, 1.807) is 30.3 Å². The Balaban J connectivity index is 1.68. The number of ether oxygens (including phenoxy) is 3. The lowest BCUT2D eigenvalue weighted by molar-refractivity contribution is -0.117. The van der Waals surface area contributed by atoms with E-state index in [-0.39, 0.29) is 24.0 Å². The first-order valence-electron chi connectivity index (χ1n) is 9.72. The van der Waals surface area contributed by atoms with E-state index in [2.05, 4.69) is 4.99 Å². The van der Waals surface area contributed by atoms with E-state index in [1.807, 2.05) is 17.6 Å². The molecule has 0 saturated carbocycles. The normalized spacial score (nSPS) is 13.8. The van der Waals surface area contributed by atoms with Gasteiger partial charge in [0, 0.05) is 19.4 Å². The lowest BCUT2D eigenvalue weighted by atomic mass is 10.1. The minimum atomic E-state index is -3.33. The van der Waals surface area contributed by atoms with Gasteiger partial charge in [0.25, 0.3) is 5.91 Å². The van der Waals surface area contributed by atoms with Crippen molar-refractivity contribution in [2.75, 3.05) is 26.3 Å². The predicted octanol–water partition coefficient (Wildman–Crippen LogP) is 2.54. The van der Waals surface area contributed by atoms with Crippen LogP contribution < -0.4 is 14.3 Å². The van der Waals surface area contributed by atoms with Gasteiger partial charge in [-0.05, 0) is 42.8 Å². The molecule has 1 amide bonds. The van der Waals surface area contributed by atoms with Gasteiger partial charge in [0.1, 0.15) is 0 Å². The molecule has 3 aromatic rings. The summed E-state index contributed by atoms with van der Waals surface area (Å²) in [5.74, 6) is 0.972. The van der Waals surface area contributed by atoms with Gasteiger partial charge in [0.05, 0.1) is 28.1 Å². The molecular formula is C21H22N2O6S2. The lowest BCUT2D eigenvalue weighted by Gasteiger charge is -2.06. The van der Waals surface area contributed by atoms with Crippen molar-refractivity contribution in [3.63, 3.8) is 0 Å². The highest BCUT2D eigenvalue weighted by Gasteiger charge is 2.16. The predicted molar refractivity (Wildman–Crippen MR) is 116 cm³/mol. The molecule has 1 aliphatic rings. The highest BCUT2D eigenvalue weighted by Crippen LogP contribution is 2.32. The summed E-state index contributed by atoms with van der Waals surface area (Å²) in [5.41, 5.74) is 1.59. The van der Waals surface area contributed by atoms with Gasteiger partial charge in [0.15, 0.2) is 26.1 Å². The van der Waals surface area contributed by atoms with Crippen LogP contribution in [0.2, 0.25) is 0 Å². The number of fused-ring (bicyclic) bond motifs is 2. The standard InChI is InChI=1S/C21H22N2O6S2/c1-3-27-9-8-23-16-6-5-15(31(2,25)26)12-19(16)30-21(23)22-20(24)11-14-4-7-17-18(10-14)29-13-28-17/h4-7,10,12H,3,8-9,11,13H2,1-2H3. The largest absolute Gasteiger partial charge is 0.454 e. The van der Waals surface area contributed by atoms with Gasteiger partial charge in [-0.1, -0.05) is 17.4 Å². The molecule has 0 saturated heterocycles. The number of thiazole rings is 1. The molecule has 10 heteroatoms. The van der Waals surface area contributed by atoms with Crippen molar-refractivity contribution in [3.05, 3.63) is 46.8 Å². The number of hydrogen-bond donors (Lipinski definition) is 0. The Labute approximate surface area is 183 Å². The number of hydrogen-bond acceptors (Lipinski definition) is 7. The Morgan fingerprint density at radius 2 is 2.00 bits per heavy atom. The first kappa shape index (κ1) is 21.5. The molecule has 2 aromatic carbocycles. The second kappa shape index (κ2) is 8.81. The number of carbonyl (C=O) groups excluding carboxylic acids is 1. The fourth-order valence-corrected chi connectivity index (χ4v) is 5.09. The van der Waals surface area contributed by atoms with Gasteiger partial charge in [-0.15, -0.1) is 0 Å². The minimum absolute atomic E-state index is 0.116. The van der Waals surface area contributed by atoms with Crippen molar-refractivity contribution in [2.24, 2.45) is 4.99 Å². The van der Waals surface area contributed by atoms with E-state index in [1.165, 1.54) is 17.6 Å². The quantitative estimate of drug-likeness (QED) is 0.501. The molecular weight excluding hydrogens is 440 g/mol. The maximum atomic E-state index is 12.7. The van der Waals surface area contributed by atoms with E-state index in [0.717, 1.165) is 15.8 Å². The maximum Gasteiger partial charge on any atom is 0.252 e. The average Bonchev–Trinajstić information content (AvgIpc) is 3.31. The van der Waals surface area contributed by atoms with E-state index >= 15 is 0 Å². The highest BCUT2D eigenvalue weighted by atomic mass is 32.2. The van der Waals surface area contributed by atoms with E-state index in [0.29, 0.717) is 36.1 Å². The van der Waals surface area contributed by atoms with Crippen LogP contribution in [-0.4, -0.2) is 45.2 Å². The molecule has 4 rings (SSSR count). The van der Waals surface area contributed by atoms with Crippen molar-refractivity contribution in [1.29, 1.82) is 0 Å². The van der Waals surface area contributed by atoms with Gasteiger partial charge in [0.2, 0.25) is 6.79 Å². The topological polar surface area (TPSA) is 96.2 Å². The van der Waals surface area contributed by atoms with Crippen LogP contribution in [0.3, 0.4) is 0 Å². The second-order valence-corrected chi connectivity index (χ2v) is 10.0. The zero-order chi connectivity index (χ0) is 22.0. The van der Waals surface area contributed by atoms with Crippen molar-refractivity contribution < 1.29 is 27.4 Å². The number of carbonyl (C=O) groups is 1. The van der Waals surface area contributed by atoms with Gasteiger partial charge < -0.3 is 18.8 Å². The van der Waals surface area contributed by atoms with Gasteiger partial charge >= 0.3 is 0 Å². The summed E-state index contributed by atoms with van der Waals surface area (Å²) < 4.78 is 42.6. The molecule has 31 heavy (non-hydrogen) atoms. The SMILES string of the molecule is CCOCCn1c(=NC(=O)Cc2ccc3c(c2)OCO3)sc2cc(S(C)(=O)=O)ccc21. The number of nitrogens with zero attached hydrogens (tertiary/aromatic N) is 2. The Hall–Kier alpha value is -2.69. The Kier molecular flexibility index (Phi) is 6.12.